The van der Waals surface area contributed by atoms with Crippen LogP contribution in [0.3, 0.4) is 0 Å². The molecular formula is C14H17NO. The normalized spacial score (nSPS) is 11.8. The molecule has 0 aliphatic carbocycles. The van der Waals surface area contributed by atoms with Crippen molar-refractivity contribution in [2.24, 2.45) is 0 Å². The Hall–Kier alpha value is -1.57. The molecule has 0 atom stereocenters. The molecule has 2 nitrogen and oxygen atoms in total. The standard InChI is InChI=1S/C14H17NO/c1-10-5-6-11(14(2,3)4)9-12(10)13-7-8-15-16-13/h5-9H,1-4H3. The van der Waals surface area contributed by atoms with Crippen molar-refractivity contribution < 1.29 is 4.52 Å². The van der Waals surface area contributed by atoms with E-state index < -0.39 is 0 Å². The zero-order valence-corrected chi connectivity index (χ0v) is 10.2. The van der Waals surface area contributed by atoms with Gasteiger partial charge in [-0.15, -0.1) is 0 Å². The molecule has 16 heavy (non-hydrogen) atoms. The molecule has 0 unspecified atom stereocenters. The molecule has 2 heteroatoms. The van der Waals surface area contributed by atoms with Crippen molar-refractivity contribution in [2.75, 3.05) is 0 Å². The molecule has 0 aliphatic heterocycles. The monoisotopic (exact) mass is 215 g/mol. The van der Waals surface area contributed by atoms with Gasteiger partial charge in [-0.25, -0.2) is 0 Å². The van der Waals surface area contributed by atoms with Gasteiger partial charge in [0.15, 0.2) is 5.76 Å². The average Bonchev–Trinajstić information content (AvgIpc) is 2.69. The molecule has 0 spiro atoms. The highest BCUT2D eigenvalue weighted by molar-refractivity contribution is 5.62. The minimum absolute atomic E-state index is 0.155. The first kappa shape index (κ1) is 10.9. The predicted molar refractivity (Wildman–Crippen MR) is 65.4 cm³/mol. The first-order valence-corrected chi connectivity index (χ1v) is 5.50. The third kappa shape index (κ3) is 2.01. The number of aryl methyl sites for hydroxylation is 1. The molecule has 1 heterocycles. The van der Waals surface area contributed by atoms with E-state index in [1.54, 1.807) is 6.20 Å². The highest BCUT2D eigenvalue weighted by atomic mass is 16.5. The summed E-state index contributed by atoms with van der Waals surface area (Å²) in [4.78, 5) is 0. The van der Waals surface area contributed by atoms with E-state index in [-0.39, 0.29) is 5.41 Å². The van der Waals surface area contributed by atoms with Crippen LogP contribution < -0.4 is 0 Å². The van der Waals surface area contributed by atoms with E-state index in [2.05, 4.69) is 51.1 Å². The smallest absolute Gasteiger partial charge is 0.167 e. The van der Waals surface area contributed by atoms with Gasteiger partial charge in [0.05, 0.1) is 6.20 Å². The summed E-state index contributed by atoms with van der Waals surface area (Å²) in [7, 11) is 0. The molecule has 1 aromatic heterocycles. The van der Waals surface area contributed by atoms with Crippen LogP contribution in [0.15, 0.2) is 35.0 Å². The zero-order valence-electron chi connectivity index (χ0n) is 10.2. The summed E-state index contributed by atoms with van der Waals surface area (Å²) in [5.74, 6) is 0.837. The Bertz CT molecular complexity index is 478. The Labute approximate surface area is 96.3 Å². The molecule has 2 aromatic rings. The summed E-state index contributed by atoms with van der Waals surface area (Å²) in [5, 5.41) is 3.76. The van der Waals surface area contributed by atoms with Crippen LogP contribution in [0.2, 0.25) is 0 Å². The van der Waals surface area contributed by atoms with Crippen molar-refractivity contribution >= 4 is 0 Å². The lowest BCUT2D eigenvalue weighted by molar-refractivity contribution is 0.432. The number of rotatable bonds is 1. The highest BCUT2D eigenvalue weighted by Gasteiger charge is 2.16. The number of hydrogen-bond acceptors (Lipinski definition) is 2. The van der Waals surface area contributed by atoms with Gasteiger partial charge in [0.1, 0.15) is 0 Å². The lowest BCUT2D eigenvalue weighted by Crippen LogP contribution is -2.11. The largest absolute Gasteiger partial charge is 0.356 e. The molecule has 0 saturated carbocycles. The van der Waals surface area contributed by atoms with Gasteiger partial charge in [-0.2, -0.15) is 0 Å². The summed E-state index contributed by atoms with van der Waals surface area (Å²) in [6.07, 6.45) is 1.68. The van der Waals surface area contributed by atoms with Gasteiger partial charge in [0.25, 0.3) is 0 Å². The molecule has 0 bridgehead atoms. The maximum atomic E-state index is 5.22. The maximum absolute atomic E-state index is 5.22. The van der Waals surface area contributed by atoms with Crippen molar-refractivity contribution in [1.82, 2.24) is 5.16 Å². The Balaban J connectivity index is 2.54. The SMILES string of the molecule is Cc1ccc(C(C)(C)C)cc1-c1ccno1. The molecule has 0 amide bonds. The van der Waals surface area contributed by atoms with Crippen LogP contribution in [0.25, 0.3) is 11.3 Å². The first-order chi connectivity index (χ1) is 7.48. The van der Waals surface area contributed by atoms with E-state index in [0.29, 0.717) is 0 Å². The van der Waals surface area contributed by atoms with Crippen LogP contribution in [0.4, 0.5) is 0 Å². The molecule has 0 saturated heterocycles. The molecule has 0 fully saturated rings. The summed E-state index contributed by atoms with van der Waals surface area (Å²) >= 11 is 0. The number of hydrogen-bond donors (Lipinski definition) is 0. The van der Waals surface area contributed by atoms with Gasteiger partial charge in [-0.3, -0.25) is 0 Å². The van der Waals surface area contributed by atoms with Crippen LogP contribution in [0.1, 0.15) is 31.9 Å². The van der Waals surface area contributed by atoms with Crippen LogP contribution in [-0.2, 0) is 5.41 Å². The van der Waals surface area contributed by atoms with Crippen molar-refractivity contribution in [3.8, 4) is 11.3 Å². The summed E-state index contributed by atoms with van der Waals surface area (Å²) in [6, 6.07) is 8.40. The van der Waals surface area contributed by atoms with Crippen molar-refractivity contribution in [3.05, 3.63) is 41.6 Å². The molecular weight excluding hydrogens is 198 g/mol. The maximum Gasteiger partial charge on any atom is 0.167 e. The van der Waals surface area contributed by atoms with Crippen molar-refractivity contribution in [2.45, 2.75) is 33.1 Å². The van der Waals surface area contributed by atoms with Crippen LogP contribution in [-0.4, -0.2) is 5.16 Å². The van der Waals surface area contributed by atoms with E-state index >= 15 is 0 Å². The highest BCUT2D eigenvalue weighted by Crippen LogP contribution is 2.29. The Morgan fingerprint density at radius 1 is 1.12 bits per heavy atom. The molecule has 1 aromatic carbocycles. The molecule has 0 N–H and O–H groups in total. The van der Waals surface area contributed by atoms with Crippen molar-refractivity contribution in [1.29, 1.82) is 0 Å². The predicted octanol–water partition coefficient (Wildman–Crippen LogP) is 3.95. The van der Waals surface area contributed by atoms with E-state index in [1.807, 2.05) is 6.07 Å². The van der Waals surface area contributed by atoms with E-state index in [9.17, 15) is 0 Å². The summed E-state index contributed by atoms with van der Waals surface area (Å²) in [5.41, 5.74) is 3.81. The third-order valence-corrected chi connectivity index (χ3v) is 2.81. The van der Waals surface area contributed by atoms with Gasteiger partial charge in [0, 0.05) is 11.6 Å². The molecule has 2 rings (SSSR count). The quantitative estimate of drug-likeness (QED) is 0.720. The van der Waals surface area contributed by atoms with E-state index in [4.69, 9.17) is 4.52 Å². The lowest BCUT2D eigenvalue weighted by Gasteiger charge is -2.20. The van der Waals surface area contributed by atoms with Gasteiger partial charge < -0.3 is 4.52 Å². The number of nitrogens with zero attached hydrogens (tertiary/aromatic N) is 1. The summed E-state index contributed by atoms with van der Waals surface area (Å²) < 4.78 is 5.22. The molecule has 84 valence electrons. The zero-order chi connectivity index (χ0) is 11.8. The first-order valence-electron chi connectivity index (χ1n) is 5.50. The second kappa shape index (κ2) is 3.78. The van der Waals surface area contributed by atoms with Crippen LogP contribution >= 0.6 is 0 Å². The Morgan fingerprint density at radius 3 is 2.44 bits per heavy atom. The van der Waals surface area contributed by atoms with Gasteiger partial charge in [-0.05, 0) is 29.5 Å². The topological polar surface area (TPSA) is 26.0 Å². The summed E-state index contributed by atoms with van der Waals surface area (Å²) in [6.45, 7) is 8.72. The Kier molecular flexibility index (Phi) is 2.58. The van der Waals surface area contributed by atoms with E-state index in [0.717, 1.165) is 11.3 Å². The molecule has 0 aliphatic rings. The minimum Gasteiger partial charge on any atom is -0.356 e. The number of benzene rings is 1. The fraction of sp³-hybridized carbons (Fsp3) is 0.357. The van der Waals surface area contributed by atoms with Crippen LogP contribution in [0.5, 0.6) is 0 Å². The van der Waals surface area contributed by atoms with Gasteiger partial charge in [0.2, 0.25) is 0 Å². The third-order valence-electron chi connectivity index (χ3n) is 2.81. The minimum atomic E-state index is 0.155. The van der Waals surface area contributed by atoms with Gasteiger partial charge >= 0.3 is 0 Å². The van der Waals surface area contributed by atoms with Crippen LogP contribution in [0, 0.1) is 6.92 Å². The van der Waals surface area contributed by atoms with E-state index in [1.165, 1.54) is 11.1 Å². The van der Waals surface area contributed by atoms with Gasteiger partial charge in [-0.1, -0.05) is 38.1 Å². The fourth-order valence-corrected chi connectivity index (χ4v) is 1.71. The average molecular weight is 215 g/mol. The number of aromatic nitrogens is 1. The lowest BCUT2D eigenvalue weighted by atomic mass is 9.85. The molecule has 0 radical (unpaired) electrons. The van der Waals surface area contributed by atoms with Crippen molar-refractivity contribution in [3.63, 3.8) is 0 Å². The second-order valence-electron chi connectivity index (χ2n) is 5.16. The Morgan fingerprint density at radius 2 is 1.88 bits per heavy atom. The second-order valence-corrected chi connectivity index (χ2v) is 5.16. The fourth-order valence-electron chi connectivity index (χ4n) is 1.71.